The molecule has 0 bridgehead atoms. The lowest BCUT2D eigenvalue weighted by atomic mass is 9.97. The third-order valence-corrected chi connectivity index (χ3v) is 4.30. The largest absolute Gasteiger partial charge is 0.392 e. The van der Waals surface area contributed by atoms with Crippen molar-refractivity contribution < 1.29 is 5.11 Å². The maximum Gasteiger partial charge on any atom is 0.339 e. The number of nitrogens with zero attached hydrogens (tertiary/aromatic N) is 2. The summed E-state index contributed by atoms with van der Waals surface area (Å²) in [5.74, 6) is 0. The van der Waals surface area contributed by atoms with Crippen LogP contribution in [0, 0.1) is 0 Å². The topological polar surface area (TPSA) is 88.0 Å². The van der Waals surface area contributed by atoms with Crippen molar-refractivity contribution in [3.05, 3.63) is 20.7 Å². The van der Waals surface area contributed by atoms with Crippen LogP contribution in [0.2, 0.25) is 0 Å². The van der Waals surface area contributed by atoms with Gasteiger partial charge in [-0.05, 0) is 12.8 Å². The minimum atomic E-state index is -0.782. The van der Waals surface area contributed by atoms with Crippen LogP contribution in [0.5, 0.6) is 0 Å². The van der Waals surface area contributed by atoms with Crippen molar-refractivity contribution in [3.8, 4) is 0 Å². The van der Waals surface area contributed by atoms with Crippen LogP contribution in [0.1, 0.15) is 25.7 Å². The molecule has 1 heterocycles. The zero-order chi connectivity index (χ0) is 12.4. The number of aryl methyl sites for hydroxylation is 1. The van der Waals surface area contributed by atoms with Crippen molar-refractivity contribution in [1.82, 2.24) is 14.8 Å². The molecular formula is C10H15N3O3S. The highest BCUT2D eigenvalue weighted by molar-refractivity contribution is 7.99. The summed E-state index contributed by atoms with van der Waals surface area (Å²) in [4.78, 5) is 25.9. The second-order valence-corrected chi connectivity index (χ2v) is 5.41. The highest BCUT2D eigenvalue weighted by Gasteiger charge is 2.25. The van der Waals surface area contributed by atoms with Crippen LogP contribution in [0.25, 0.3) is 0 Å². The van der Waals surface area contributed by atoms with Gasteiger partial charge in [-0.3, -0.25) is 19.4 Å². The van der Waals surface area contributed by atoms with E-state index in [0.29, 0.717) is 5.16 Å². The fourth-order valence-electron chi connectivity index (χ4n) is 1.92. The van der Waals surface area contributed by atoms with Gasteiger partial charge in [-0.2, -0.15) is 4.98 Å². The summed E-state index contributed by atoms with van der Waals surface area (Å²) in [6.45, 7) is 0. The zero-order valence-electron chi connectivity index (χ0n) is 9.55. The van der Waals surface area contributed by atoms with Gasteiger partial charge in [-0.1, -0.05) is 24.6 Å². The SMILES string of the molecule is Cn1[nH]c(=O)c(=O)nc1S[C@H]1CCCC[C@@H]1O. The first-order chi connectivity index (χ1) is 8.08. The number of aromatic nitrogens is 3. The van der Waals surface area contributed by atoms with Crippen LogP contribution in [-0.4, -0.2) is 31.2 Å². The Morgan fingerprint density at radius 3 is 2.82 bits per heavy atom. The summed E-state index contributed by atoms with van der Waals surface area (Å²) < 4.78 is 1.43. The van der Waals surface area contributed by atoms with Gasteiger partial charge in [0.15, 0.2) is 5.16 Å². The smallest absolute Gasteiger partial charge is 0.339 e. The van der Waals surface area contributed by atoms with Crippen LogP contribution < -0.4 is 11.1 Å². The predicted octanol–water partition coefficient (Wildman–Crippen LogP) is -0.136. The highest BCUT2D eigenvalue weighted by atomic mass is 32.2. The van der Waals surface area contributed by atoms with Gasteiger partial charge in [0.1, 0.15) is 0 Å². The van der Waals surface area contributed by atoms with Crippen molar-refractivity contribution in [3.63, 3.8) is 0 Å². The molecule has 1 aliphatic rings. The Balaban J connectivity index is 2.20. The second-order valence-electron chi connectivity index (χ2n) is 4.21. The lowest BCUT2D eigenvalue weighted by molar-refractivity contribution is 0.136. The zero-order valence-corrected chi connectivity index (χ0v) is 10.4. The van der Waals surface area contributed by atoms with Gasteiger partial charge >= 0.3 is 11.1 Å². The lowest BCUT2D eigenvalue weighted by Crippen LogP contribution is -2.35. The number of aromatic amines is 1. The molecule has 2 atom stereocenters. The summed E-state index contributed by atoms with van der Waals surface area (Å²) in [6.07, 6.45) is 3.44. The van der Waals surface area contributed by atoms with Gasteiger partial charge in [-0.25, -0.2) is 0 Å². The van der Waals surface area contributed by atoms with E-state index in [1.165, 1.54) is 16.4 Å². The molecule has 0 aromatic carbocycles. The number of hydrogen-bond acceptors (Lipinski definition) is 5. The van der Waals surface area contributed by atoms with Gasteiger partial charge in [0.2, 0.25) is 0 Å². The summed E-state index contributed by atoms with van der Waals surface area (Å²) >= 11 is 1.35. The molecule has 1 aromatic rings. The normalized spacial score (nSPS) is 24.8. The number of rotatable bonds is 2. The first kappa shape index (κ1) is 12.4. The van der Waals surface area contributed by atoms with Crippen LogP contribution >= 0.6 is 11.8 Å². The van der Waals surface area contributed by atoms with E-state index < -0.39 is 11.1 Å². The molecule has 6 nitrogen and oxygen atoms in total. The van der Waals surface area contributed by atoms with Crippen molar-refractivity contribution >= 4 is 11.8 Å². The van der Waals surface area contributed by atoms with E-state index >= 15 is 0 Å². The van der Waals surface area contributed by atoms with Crippen molar-refractivity contribution in [2.75, 3.05) is 0 Å². The van der Waals surface area contributed by atoms with Crippen molar-refractivity contribution in [1.29, 1.82) is 0 Å². The van der Waals surface area contributed by atoms with Crippen LogP contribution in [0.4, 0.5) is 0 Å². The summed E-state index contributed by atoms with van der Waals surface area (Å²) in [7, 11) is 1.63. The number of thioether (sulfide) groups is 1. The van der Waals surface area contributed by atoms with E-state index in [1.807, 2.05) is 0 Å². The summed E-state index contributed by atoms with van der Waals surface area (Å²) in [6, 6.07) is 0. The fourth-order valence-corrected chi connectivity index (χ4v) is 3.10. The summed E-state index contributed by atoms with van der Waals surface area (Å²) in [5.41, 5.74) is -1.50. The average Bonchev–Trinajstić information content (AvgIpc) is 2.29. The van der Waals surface area contributed by atoms with E-state index in [1.54, 1.807) is 7.05 Å². The molecule has 94 valence electrons. The van der Waals surface area contributed by atoms with E-state index in [-0.39, 0.29) is 11.4 Å². The maximum atomic E-state index is 11.2. The van der Waals surface area contributed by atoms with Gasteiger partial charge in [0, 0.05) is 12.3 Å². The van der Waals surface area contributed by atoms with Crippen LogP contribution in [0.15, 0.2) is 14.7 Å². The van der Waals surface area contributed by atoms with Gasteiger partial charge in [0.05, 0.1) is 6.10 Å². The molecule has 1 fully saturated rings. The maximum absolute atomic E-state index is 11.2. The number of aliphatic hydroxyl groups is 1. The molecule has 0 saturated heterocycles. The Kier molecular flexibility index (Phi) is 3.68. The Bertz CT molecular complexity index is 510. The first-order valence-corrected chi connectivity index (χ1v) is 6.48. The number of H-pyrrole nitrogens is 1. The molecular weight excluding hydrogens is 242 g/mol. The third kappa shape index (κ3) is 2.78. The molecule has 2 N–H and O–H groups in total. The molecule has 0 radical (unpaired) electrons. The molecule has 0 unspecified atom stereocenters. The number of aliphatic hydroxyl groups excluding tert-OH is 1. The first-order valence-electron chi connectivity index (χ1n) is 5.60. The van der Waals surface area contributed by atoms with Gasteiger partial charge in [0.25, 0.3) is 0 Å². The van der Waals surface area contributed by atoms with Crippen LogP contribution in [-0.2, 0) is 7.05 Å². The quantitative estimate of drug-likeness (QED) is 0.720. The molecule has 7 heteroatoms. The monoisotopic (exact) mass is 257 g/mol. The fraction of sp³-hybridized carbons (Fsp3) is 0.700. The molecule has 17 heavy (non-hydrogen) atoms. The Morgan fingerprint density at radius 2 is 2.12 bits per heavy atom. The van der Waals surface area contributed by atoms with Gasteiger partial charge in [-0.15, -0.1) is 0 Å². The molecule has 0 amide bonds. The van der Waals surface area contributed by atoms with E-state index in [2.05, 4.69) is 10.1 Å². The Labute approximate surface area is 102 Å². The molecule has 0 spiro atoms. The van der Waals surface area contributed by atoms with E-state index in [9.17, 15) is 14.7 Å². The van der Waals surface area contributed by atoms with Crippen molar-refractivity contribution in [2.45, 2.75) is 42.2 Å². The molecule has 2 rings (SSSR count). The molecule has 1 aliphatic carbocycles. The number of nitrogens with one attached hydrogen (secondary N) is 1. The van der Waals surface area contributed by atoms with Crippen molar-refractivity contribution in [2.24, 2.45) is 7.05 Å². The van der Waals surface area contributed by atoms with E-state index in [4.69, 9.17) is 0 Å². The molecule has 1 saturated carbocycles. The summed E-state index contributed by atoms with van der Waals surface area (Å²) in [5, 5.41) is 12.7. The molecule has 0 aliphatic heterocycles. The third-order valence-electron chi connectivity index (χ3n) is 2.87. The lowest BCUT2D eigenvalue weighted by Gasteiger charge is -2.26. The second kappa shape index (κ2) is 5.05. The molecule has 1 aromatic heterocycles. The van der Waals surface area contributed by atoms with Gasteiger partial charge < -0.3 is 5.11 Å². The Morgan fingerprint density at radius 1 is 1.41 bits per heavy atom. The van der Waals surface area contributed by atoms with Crippen LogP contribution in [0.3, 0.4) is 0 Å². The minimum absolute atomic E-state index is 0.0488. The standard InChI is InChI=1S/C10H15N3O3S/c1-13-10(11-8(15)9(16)12-13)17-7-5-3-2-4-6(7)14/h6-7,14H,2-5H2,1H3,(H,12,16)/t6-,7-/m0/s1. The average molecular weight is 257 g/mol. The highest BCUT2D eigenvalue weighted by Crippen LogP contribution is 2.31. The Hall–Kier alpha value is -1.08. The predicted molar refractivity (Wildman–Crippen MR) is 64.2 cm³/mol. The number of hydrogen-bond donors (Lipinski definition) is 2. The van der Waals surface area contributed by atoms with E-state index in [0.717, 1.165) is 25.7 Å². The minimum Gasteiger partial charge on any atom is -0.392 e.